The van der Waals surface area contributed by atoms with Crippen molar-refractivity contribution in [3.8, 4) is 5.69 Å². The number of anilines is 1. The van der Waals surface area contributed by atoms with E-state index in [-0.39, 0.29) is 37.1 Å². The fraction of sp³-hybridized carbons (Fsp3) is 0.357. The normalized spacial score (nSPS) is 18.5. The van der Waals surface area contributed by atoms with Crippen molar-refractivity contribution in [2.45, 2.75) is 18.4 Å². The van der Waals surface area contributed by atoms with E-state index in [1.165, 1.54) is 12.3 Å². The van der Waals surface area contributed by atoms with Gasteiger partial charge in [-0.05, 0) is 6.07 Å². The van der Waals surface area contributed by atoms with E-state index < -0.39 is 36.0 Å². The lowest BCUT2D eigenvalue weighted by atomic mass is 10.1. The van der Waals surface area contributed by atoms with Gasteiger partial charge < -0.3 is 14.9 Å². The molecular formula is C14H13ClF3N5O5. The summed E-state index contributed by atoms with van der Waals surface area (Å²) < 4.78 is 44.3. The number of carboxylic acids is 1. The van der Waals surface area contributed by atoms with Crippen LogP contribution in [0, 0.1) is 0 Å². The third-order valence-corrected chi connectivity index (χ3v) is 3.71. The Morgan fingerprint density at radius 2 is 2.11 bits per heavy atom. The van der Waals surface area contributed by atoms with Crippen molar-refractivity contribution in [3.05, 3.63) is 30.2 Å². The molecule has 2 atom stereocenters. The molecule has 28 heavy (non-hydrogen) atoms. The third-order valence-electron chi connectivity index (χ3n) is 3.71. The Hall–Kier alpha value is -2.77. The fourth-order valence-corrected chi connectivity index (χ4v) is 2.41. The van der Waals surface area contributed by atoms with Gasteiger partial charge in [-0.3, -0.25) is 9.69 Å². The van der Waals surface area contributed by atoms with Crippen molar-refractivity contribution in [2.24, 2.45) is 0 Å². The van der Waals surface area contributed by atoms with Crippen molar-refractivity contribution < 1.29 is 37.7 Å². The molecule has 2 aromatic rings. The van der Waals surface area contributed by atoms with E-state index in [0.717, 1.165) is 21.8 Å². The van der Waals surface area contributed by atoms with Crippen LogP contribution in [-0.4, -0.2) is 67.4 Å². The fourth-order valence-electron chi connectivity index (χ4n) is 2.41. The number of ether oxygens (including phenoxy) is 1. The summed E-state index contributed by atoms with van der Waals surface area (Å²) >= 11 is 0. The molecule has 0 aliphatic carbocycles. The standard InChI is InChI=1S/C14H12F3N5O5.ClH/c15-14(16,17)8-5-7(6-18-19-8)22-2-1-9(20-22)21-3-4-27-11(12(21)24)10(23)13(25)26;/h1-2,5-6,10-11,23H,3-4H2,(H,25,26);1H/t10-,11-;/m1./s1. The number of morpholine rings is 1. The Morgan fingerprint density at radius 1 is 1.39 bits per heavy atom. The highest BCUT2D eigenvalue weighted by molar-refractivity contribution is 5.99. The van der Waals surface area contributed by atoms with Crippen LogP contribution in [0.4, 0.5) is 19.0 Å². The van der Waals surface area contributed by atoms with Crippen LogP contribution in [0.25, 0.3) is 5.69 Å². The number of carbonyl (C=O) groups is 2. The summed E-state index contributed by atoms with van der Waals surface area (Å²) in [6.07, 6.45) is -5.98. The molecule has 152 valence electrons. The molecule has 2 N–H and O–H groups in total. The number of aliphatic hydroxyl groups excluding tert-OH is 1. The molecule has 3 rings (SSSR count). The highest BCUT2D eigenvalue weighted by Crippen LogP contribution is 2.28. The second-order valence-corrected chi connectivity index (χ2v) is 5.48. The Kier molecular flexibility index (Phi) is 6.21. The summed E-state index contributed by atoms with van der Waals surface area (Å²) in [5.41, 5.74) is -1.24. The topological polar surface area (TPSA) is 131 Å². The Labute approximate surface area is 160 Å². The van der Waals surface area contributed by atoms with Crippen molar-refractivity contribution in [1.29, 1.82) is 0 Å². The lowest BCUT2D eigenvalue weighted by molar-refractivity contribution is -0.163. The summed E-state index contributed by atoms with van der Waals surface area (Å²) in [5.74, 6) is -2.40. The van der Waals surface area contributed by atoms with Gasteiger partial charge in [-0.2, -0.15) is 18.3 Å². The zero-order valence-corrected chi connectivity index (χ0v) is 14.6. The van der Waals surface area contributed by atoms with Crippen LogP contribution in [0.5, 0.6) is 0 Å². The Morgan fingerprint density at radius 3 is 2.75 bits per heavy atom. The monoisotopic (exact) mass is 423 g/mol. The van der Waals surface area contributed by atoms with Gasteiger partial charge >= 0.3 is 12.1 Å². The van der Waals surface area contributed by atoms with Crippen molar-refractivity contribution in [3.63, 3.8) is 0 Å². The highest BCUT2D eigenvalue weighted by atomic mass is 35.5. The number of aliphatic hydroxyl groups is 1. The molecular weight excluding hydrogens is 411 g/mol. The zero-order chi connectivity index (χ0) is 19.8. The van der Waals surface area contributed by atoms with Gasteiger partial charge in [0.05, 0.1) is 25.0 Å². The van der Waals surface area contributed by atoms with E-state index in [1.54, 1.807) is 0 Å². The van der Waals surface area contributed by atoms with Gasteiger partial charge in [-0.15, -0.1) is 22.6 Å². The second kappa shape index (κ2) is 8.08. The summed E-state index contributed by atoms with van der Waals surface area (Å²) in [6.45, 7) is -0.0241. The number of alkyl halides is 3. The summed E-state index contributed by atoms with van der Waals surface area (Å²) in [5, 5.41) is 28.7. The van der Waals surface area contributed by atoms with Crippen LogP contribution < -0.4 is 4.90 Å². The number of carboxylic acid groups (broad SMARTS) is 1. The van der Waals surface area contributed by atoms with E-state index >= 15 is 0 Å². The van der Waals surface area contributed by atoms with Crippen molar-refractivity contribution in [2.75, 3.05) is 18.1 Å². The van der Waals surface area contributed by atoms with E-state index in [1.807, 2.05) is 0 Å². The van der Waals surface area contributed by atoms with Gasteiger partial charge in [0.15, 0.2) is 23.7 Å². The number of aromatic nitrogens is 4. The molecule has 0 unspecified atom stereocenters. The molecule has 1 saturated heterocycles. The SMILES string of the molecule is Cl.O=C(O)[C@H](O)[C@H]1OCCN(c2ccn(-c3cnnc(C(F)(F)F)c3)n2)C1=O. The number of hydrogen-bond acceptors (Lipinski definition) is 7. The van der Waals surface area contributed by atoms with Crippen LogP contribution in [-0.2, 0) is 20.5 Å². The largest absolute Gasteiger partial charge is 0.479 e. The van der Waals surface area contributed by atoms with Crippen LogP contribution in [0.2, 0.25) is 0 Å². The predicted octanol–water partition coefficient (Wildman–Crippen LogP) is 0.280. The van der Waals surface area contributed by atoms with Crippen LogP contribution in [0.3, 0.4) is 0 Å². The molecule has 1 aliphatic heterocycles. The number of hydrogen-bond donors (Lipinski definition) is 2. The molecule has 3 heterocycles. The van der Waals surface area contributed by atoms with E-state index in [9.17, 15) is 27.9 Å². The molecule has 14 heteroatoms. The van der Waals surface area contributed by atoms with Crippen LogP contribution in [0.15, 0.2) is 24.5 Å². The van der Waals surface area contributed by atoms with Gasteiger partial charge in [0.2, 0.25) is 0 Å². The molecule has 1 amide bonds. The minimum absolute atomic E-state index is 0. The number of aliphatic carboxylic acids is 1. The lowest BCUT2D eigenvalue weighted by Crippen LogP contribution is -2.54. The molecule has 1 fully saturated rings. The Balaban J connectivity index is 0.00000280. The molecule has 0 bridgehead atoms. The number of halogens is 4. The molecule has 0 spiro atoms. The second-order valence-electron chi connectivity index (χ2n) is 5.48. The summed E-state index contributed by atoms with van der Waals surface area (Å²) in [4.78, 5) is 24.3. The smallest absolute Gasteiger partial charge is 0.435 e. The van der Waals surface area contributed by atoms with Crippen molar-refractivity contribution >= 4 is 30.1 Å². The predicted molar refractivity (Wildman–Crippen MR) is 87.1 cm³/mol. The maximum Gasteiger partial charge on any atom is 0.435 e. The van der Waals surface area contributed by atoms with Crippen LogP contribution >= 0.6 is 12.4 Å². The summed E-state index contributed by atoms with van der Waals surface area (Å²) in [6, 6.07) is 2.09. The molecule has 0 saturated carbocycles. The lowest BCUT2D eigenvalue weighted by Gasteiger charge is -2.31. The van der Waals surface area contributed by atoms with Gasteiger partial charge in [0.1, 0.15) is 0 Å². The van der Waals surface area contributed by atoms with Crippen molar-refractivity contribution in [1.82, 2.24) is 20.0 Å². The third kappa shape index (κ3) is 4.21. The first-order valence-electron chi connectivity index (χ1n) is 7.48. The maximum absolute atomic E-state index is 12.7. The minimum Gasteiger partial charge on any atom is -0.479 e. The highest BCUT2D eigenvalue weighted by Gasteiger charge is 2.40. The maximum atomic E-state index is 12.7. The summed E-state index contributed by atoms with van der Waals surface area (Å²) in [7, 11) is 0. The van der Waals surface area contributed by atoms with Gasteiger partial charge in [-0.25, -0.2) is 9.48 Å². The number of carbonyl (C=O) groups excluding carboxylic acids is 1. The minimum atomic E-state index is -4.68. The molecule has 2 aromatic heterocycles. The average molecular weight is 424 g/mol. The number of nitrogens with zero attached hydrogens (tertiary/aromatic N) is 5. The van der Waals surface area contributed by atoms with Gasteiger partial charge in [0.25, 0.3) is 5.91 Å². The number of amides is 1. The van der Waals surface area contributed by atoms with Crippen LogP contribution in [0.1, 0.15) is 5.69 Å². The molecule has 0 radical (unpaired) electrons. The van der Waals surface area contributed by atoms with E-state index in [0.29, 0.717) is 0 Å². The first-order chi connectivity index (χ1) is 12.7. The number of rotatable bonds is 4. The molecule has 0 aromatic carbocycles. The average Bonchev–Trinajstić information content (AvgIpc) is 3.10. The first-order valence-corrected chi connectivity index (χ1v) is 7.48. The molecule has 10 nitrogen and oxygen atoms in total. The van der Waals surface area contributed by atoms with Gasteiger partial charge in [-0.1, -0.05) is 0 Å². The van der Waals surface area contributed by atoms with Gasteiger partial charge in [0, 0.05) is 12.3 Å². The first kappa shape index (κ1) is 21.5. The molecule has 1 aliphatic rings. The van der Waals surface area contributed by atoms with E-state index in [2.05, 4.69) is 15.3 Å². The Bertz CT molecular complexity index is 877. The zero-order valence-electron chi connectivity index (χ0n) is 13.8. The quantitative estimate of drug-likeness (QED) is 0.717. The van der Waals surface area contributed by atoms with E-state index in [4.69, 9.17) is 9.84 Å².